The van der Waals surface area contributed by atoms with Crippen LogP contribution < -0.4 is 10.2 Å². The van der Waals surface area contributed by atoms with Crippen LogP contribution in [0.1, 0.15) is 28.8 Å². The summed E-state index contributed by atoms with van der Waals surface area (Å²) in [5.74, 6) is -0.974. The average molecular weight is 387 g/mol. The van der Waals surface area contributed by atoms with Crippen LogP contribution in [0.2, 0.25) is 5.02 Å². The van der Waals surface area contributed by atoms with Crippen molar-refractivity contribution in [3.8, 4) is 0 Å². The van der Waals surface area contributed by atoms with E-state index < -0.39 is 18.5 Å². The summed E-state index contributed by atoms with van der Waals surface area (Å²) in [6.07, 6.45) is 1.38. The molecule has 27 heavy (non-hydrogen) atoms. The highest BCUT2D eigenvalue weighted by molar-refractivity contribution is 6.31. The van der Waals surface area contributed by atoms with E-state index in [2.05, 4.69) is 5.32 Å². The quantitative estimate of drug-likeness (QED) is 0.797. The molecule has 1 aliphatic rings. The van der Waals surface area contributed by atoms with Gasteiger partial charge >= 0.3 is 5.97 Å². The van der Waals surface area contributed by atoms with E-state index in [1.54, 1.807) is 47.4 Å². The van der Waals surface area contributed by atoms with Crippen LogP contribution >= 0.6 is 11.6 Å². The van der Waals surface area contributed by atoms with Crippen LogP contribution in [0.3, 0.4) is 0 Å². The fraction of sp³-hybridized carbons (Fsp3) is 0.250. The molecule has 2 aromatic carbocycles. The van der Waals surface area contributed by atoms with Gasteiger partial charge in [0.25, 0.3) is 5.91 Å². The Hall–Kier alpha value is -2.86. The summed E-state index contributed by atoms with van der Waals surface area (Å²) < 4.78 is 5.05. The van der Waals surface area contributed by atoms with Crippen molar-refractivity contribution in [2.45, 2.75) is 19.8 Å². The van der Waals surface area contributed by atoms with Gasteiger partial charge in [-0.05, 0) is 55.3 Å². The molecule has 0 saturated carbocycles. The monoisotopic (exact) mass is 386 g/mol. The highest BCUT2D eigenvalue weighted by atomic mass is 35.5. The van der Waals surface area contributed by atoms with Crippen molar-refractivity contribution in [3.05, 3.63) is 58.6 Å². The van der Waals surface area contributed by atoms with Crippen LogP contribution in [-0.4, -0.2) is 30.9 Å². The number of ether oxygens (including phenoxy) is 1. The molecule has 140 valence electrons. The second-order valence-electron chi connectivity index (χ2n) is 6.28. The van der Waals surface area contributed by atoms with E-state index in [4.69, 9.17) is 16.3 Å². The minimum Gasteiger partial charge on any atom is -0.452 e. The number of benzene rings is 2. The minimum absolute atomic E-state index is 0.0818. The normalized spacial score (nSPS) is 13.6. The first kappa shape index (κ1) is 18.9. The molecule has 1 fully saturated rings. The first-order chi connectivity index (χ1) is 12.9. The van der Waals surface area contributed by atoms with Gasteiger partial charge in [0.1, 0.15) is 0 Å². The van der Waals surface area contributed by atoms with Crippen molar-refractivity contribution < 1.29 is 19.1 Å². The Kier molecular flexibility index (Phi) is 5.76. The number of anilines is 2. The number of aryl methyl sites for hydroxylation is 1. The van der Waals surface area contributed by atoms with Crippen LogP contribution in [0.15, 0.2) is 42.5 Å². The zero-order chi connectivity index (χ0) is 19.4. The fourth-order valence-corrected chi connectivity index (χ4v) is 3.00. The van der Waals surface area contributed by atoms with Crippen LogP contribution in [0.5, 0.6) is 0 Å². The van der Waals surface area contributed by atoms with E-state index in [-0.39, 0.29) is 5.91 Å². The molecule has 2 aromatic rings. The average Bonchev–Trinajstić information content (AvgIpc) is 3.09. The van der Waals surface area contributed by atoms with Gasteiger partial charge in [-0.2, -0.15) is 0 Å². The van der Waals surface area contributed by atoms with Gasteiger partial charge in [0, 0.05) is 29.4 Å². The summed E-state index contributed by atoms with van der Waals surface area (Å²) in [6.45, 7) is 2.12. The number of amides is 2. The minimum atomic E-state index is -0.604. The highest BCUT2D eigenvalue weighted by Crippen LogP contribution is 2.22. The first-order valence-electron chi connectivity index (χ1n) is 8.57. The van der Waals surface area contributed by atoms with Gasteiger partial charge in [0.2, 0.25) is 5.91 Å². The molecule has 6 nitrogen and oxygen atoms in total. The molecular weight excluding hydrogens is 368 g/mol. The molecular formula is C20H19ClN2O4. The first-order valence-corrected chi connectivity index (χ1v) is 8.95. The van der Waals surface area contributed by atoms with Crippen molar-refractivity contribution in [3.63, 3.8) is 0 Å². The van der Waals surface area contributed by atoms with Gasteiger partial charge < -0.3 is 15.0 Å². The maximum Gasteiger partial charge on any atom is 0.338 e. The maximum atomic E-state index is 12.1. The summed E-state index contributed by atoms with van der Waals surface area (Å²) in [6, 6.07) is 11.7. The van der Waals surface area contributed by atoms with Crippen molar-refractivity contribution in [1.29, 1.82) is 0 Å². The Morgan fingerprint density at radius 3 is 2.59 bits per heavy atom. The molecule has 0 spiro atoms. The lowest BCUT2D eigenvalue weighted by Gasteiger charge is -2.15. The third-order valence-corrected chi connectivity index (χ3v) is 4.53. The Balaban J connectivity index is 1.55. The number of rotatable bonds is 5. The summed E-state index contributed by atoms with van der Waals surface area (Å²) in [7, 11) is 0. The van der Waals surface area contributed by atoms with Gasteiger partial charge in [-0.1, -0.05) is 17.7 Å². The molecule has 0 bridgehead atoms. The Labute approximate surface area is 162 Å². The largest absolute Gasteiger partial charge is 0.452 e. The zero-order valence-corrected chi connectivity index (χ0v) is 15.6. The Morgan fingerprint density at radius 1 is 1.19 bits per heavy atom. The fourth-order valence-electron chi connectivity index (χ4n) is 2.83. The third kappa shape index (κ3) is 4.65. The molecule has 1 aliphatic heterocycles. The van der Waals surface area contributed by atoms with Crippen molar-refractivity contribution in [2.75, 3.05) is 23.4 Å². The topological polar surface area (TPSA) is 75.7 Å². The van der Waals surface area contributed by atoms with E-state index >= 15 is 0 Å². The van der Waals surface area contributed by atoms with Crippen LogP contribution in [0, 0.1) is 6.92 Å². The van der Waals surface area contributed by atoms with Crippen LogP contribution in [0.25, 0.3) is 0 Å². The smallest absolute Gasteiger partial charge is 0.338 e. The predicted octanol–water partition coefficient (Wildman–Crippen LogP) is 3.57. The van der Waals surface area contributed by atoms with Crippen molar-refractivity contribution in [2.24, 2.45) is 0 Å². The molecule has 0 aliphatic carbocycles. The van der Waals surface area contributed by atoms with E-state index in [0.717, 1.165) is 17.7 Å². The van der Waals surface area contributed by atoms with E-state index in [1.807, 2.05) is 6.92 Å². The Morgan fingerprint density at radius 2 is 1.93 bits per heavy atom. The number of esters is 1. The molecule has 3 rings (SSSR count). The predicted molar refractivity (Wildman–Crippen MR) is 103 cm³/mol. The number of hydrogen-bond donors (Lipinski definition) is 1. The second-order valence-corrected chi connectivity index (χ2v) is 6.72. The summed E-state index contributed by atoms with van der Waals surface area (Å²) in [5.41, 5.74) is 2.50. The number of carbonyl (C=O) groups excluding carboxylic acids is 3. The lowest BCUT2D eigenvalue weighted by atomic mass is 10.2. The summed E-state index contributed by atoms with van der Waals surface area (Å²) in [4.78, 5) is 37.6. The molecule has 0 radical (unpaired) electrons. The summed E-state index contributed by atoms with van der Waals surface area (Å²) >= 11 is 5.92. The number of halogens is 1. The van der Waals surface area contributed by atoms with Crippen LogP contribution in [0.4, 0.5) is 11.4 Å². The van der Waals surface area contributed by atoms with Crippen molar-refractivity contribution >= 4 is 40.8 Å². The number of nitrogens with one attached hydrogen (secondary N) is 1. The molecule has 1 heterocycles. The van der Waals surface area contributed by atoms with Gasteiger partial charge in [0.05, 0.1) is 5.56 Å². The second kappa shape index (κ2) is 8.22. The standard InChI is InChI=1S/C20H19ClN2O4/c1-13-4-7-15(21)11-17(13)22-18(24)12-27-20(26)14-5-8-16(9-6-14)23-10-2-3-19(23)25/h4-9,11H,2-3,10,12H2,1H3,(H,22,24). The lowest BCUT2D eigenvalue weighted by molar-refractivity contribution is -0.119. The van der Waals surface area contributed by atoms with Gasteiger partial charge in [0.15, 0.2) is 6.61 Å². The number of hydrogen-bond acceptors (Lipinski definition) is 4. The van der Waals surface area contributed by atoms with Gasteiger partial charge in [-0.25, -0.2) is 4.79 Å². The lowest BCUT2D eigenvalue weighted by Crippen LogP contribution is -2.23. The molecule has 2 amide bonds. The highest BCUT2D eigenvalue weighted by Gasteiger charge is 2.22. The molecule has 0 atom stereocenters. The van der Waals surface area contributed by atoms with Gasteiger partial charge in [-0.15, -0.1) is 0 Å². The molecule has 7 heteroatoms. The van der Waals surface area contributed by atoms with E-state index in [1.165, 1.54) is 0 Å². The molecule has 0 aromatic heterocycles. The maximum absolute atomic E-state index is 12.1. The number of nitrogens with zero attached hydrogens (tertiary/aromatic N) is 1. The number of carbonyl (C=O) groups is 3. The van der Waals surface area contributed by atoms with Crippen molar-refractivity contribution in [1.82, 2.24) is 0 Å². The third-order valence-electron chi connectivity index (χ3n) is 4.30. The molecule has 0 unspecified atom stereocenters. The molecule has 1 saturated heterocycles. The van der Waals surface area contributed by atoms with Gasteiger partial charge in [-0.3, -0.25) is 9.59 Å². The molecule has 1 N–H and O–H groups in total. The zero-order valence-electron chi connectivity index (χ0n) is 14.8. The van der Waals surface area contributed by atoms with E-state index in [0.29, 0.717) is 29.2 Å². The van der Waals surface area contributed by atoms with Crippen LogP contribution in [-0.2, 0) is 14.3 Å². The summed E-state index contributed by atoms with van der Waals surface area (Å²) in [5, 5.41) is 3.17. The Bertz CT molecular complexity index is 880. The SMILES string of the molecule is Cc1ccc(Cl)cc1NC(=O)COC(=O)c1ccc(N2CCCC2=O)cc1. The van der Waals surface area contributed by atoms with E-state index in [9.17, 15) is 14.4 Å².